The molecule has 0 saturated heterocycles. The highest BCUT2D eigenvalue weighted by atomic mass is 15.2. The minimum Gasteiger partial charge on any atom is -0.368 e. The Labute approximate surface area is 115 Å². The number of nitrogens with two attached hydrogens (primary N) is 1. The van der Waals surface area contributed by atoms with Gasteiger partial charge >= 0.3 is 0 Å². The van der Waals surface area contributed by atoms with Crippen molar-refractivity contribution in [1.29, 1.82) is 0 Å². The summed E-state index contributed by atoms with van der Waals surface area (Å²) in [4.78, 5) is 2.59. The van der Waals surface area contributed by atoms with Crippen LogP contribution < -0.4 is 10.6 Å². The van der Waals surface area contributed by atoms with Crippen LogP contribution in [0.25, 0.3) is 10.8 Å². The van der Waals surface area contributed by atoms with Crippen molar-refractivity contribution >= 4 is 16.5 Å². The maximum Gasteiger partial charge on any atom is 0.0448 e. The van der Waals surface area contributed by atoms with E-state index in [0.29, 0.717) is 6.54 Å². The lowest BCUT2D eigenvalue weighted by molar-refractivity contribution is 0.766. The number of nitrogens with zero attached hydrogens (tertiary/aromatic N) is 1. The standard InChI is InChI=1S/C17H22N2/c1-2-11-19(14-8-9-14)17-10-7-13(12-18)15-5-3-4-6-16(15)17/h3-7,10,14H,2,8-9,11-12,18H2,1H3. The van der Waals surface area contributed by atoms with Gasteiger partial charge in [-0.1, -0.05) is 37.3 Å². The molecule has 0 radical (unpaired) electrons. The molecule has 2 nitrogen and oxygen atoms in total. The van der Waals surface area contributed by atoms with Gasteiger partial charge in [0.1, 0.15) is 0 Å². The van der Waals surface area contributed by atoms with Gasteiger partial charge in [0, 0.05) is 30.2 Å². The van der Waals surface area contributed by atoms with Crippen LogP contribution in [0.2, 0.25) is 0 Å². The minimum absolute atomic E-state index is 0.609. The molecule has 0 bridgehead atoms. The van der Waals surface area contributed by atoms with Crippen LogP contribution in [0.1, 0.15) is 31.7 Å². The smallest absolute Gasteiger partial charge is 0.0448 e. The molecule has 0 aromatic heterocycles. The fraction of sp³-hybridized carbons (Fsp3) is 0.412. The molecule has 2 heteroatoms. The molecule has 2 N–H and O–H groups in total. The molecular formula is C17H22N2. The predicted octanol–water partition coefficient (Wildman–Crippen LogP) is 3.68. The third kappa shape index (κ3) is 2.33. The summed E-state index contributed by atoms with van der Waals surface area (Å²) >= 11 is 0. The molecule has 0 unspecified atom stereocenters. The van der Waals surface area contributed by atoms with Gasteiger partial charge in [-0.05, 0) is 36.3 Å². The van der Waals surface area contributed by atoms with Crippen molar-refractivity contribution in [2.45, 2.75) is 38.8 Å². The van der Waals surface area contributed by atoms with Gasteiger partial charge < -0.3 is 10.6 Å². The van der Waals surface area contributed by atoms with E-state index in [0.717, 1.165) is 12.6 Å². The first-order valence-electron chi connectivity index (χ1n) is 7.32. The fourth-order valence-electron chi connectivity index (χ4n) is 2.90. The van der Waals surface area contributed by atoms with Crippen molar-refractivity contribution in [2.75, 3.05) is 11.4 Å². The number of hydrogen-bond acceptors (Lipinski definition) is 2. The molecule has 1 fully saturated rings. The van der Waals surface area contributed by atoms with Crippen molar-refractivity contribution in [3.8, 4) is 0 Å². The van der Waals surface area contributed by atoms with E-state index in [4.69, 9.17) is 5.73 Å². The van der Waals surface area contributed by atoms with Crippen LogP contribution in [0.5, 0.6) is 0 Å². The van der Waals surface area contributed by atoms with Gasteiger partial charge in [0.25, 0.3) is 0 Å². The van der Waals surface area contributed by atoms with Crippen LogP contribution in [0.4, 0.5) is 5.69 Å². The van der Waals surface area contributed by atoms with Crippen LogP contribution in [0, 0.1) is 0 Å². The van der Waals surface area contributed by atoms with E-state index in [1.54, 1.807) is 0 Å². The quantitative estimate of drug-likeness (QED) is 0.882. The Morgan fingerprint density at radius 2 is 1.84 bits per heavy atom. The number of rotatable bonds is 5. The summed E-state index contributed by atoms with van der Waals surface area (Å²) in [7, 11) is 0. The molecule has 0 amide bonds. The molecule has 2 aromatic rings. The SMILES string of the molecule is CCCN(c1ccc(CN)c2ccccc12)C1CC1. The van der Waals surface area contributed by atoms with Crippen molar-refractivity contribution in [3.05, 3.63) is 42.0 Å². The summed E-state index contributed by atoms with van der Waals surface area (Å²) in [5.41, 5.74) is 8.49. The molecule has 0 atom stereocenters. The number of benzene rings is 2. The van der Waals surface area contributed by atoms with E-state index in [1.807, 2.05) is 0 Å². The lowest BCUT2D eigenvalue weighted by Gasteiger charge is -2.26. The summed E-state index contributed by atoms with van der Waals surface area (Å²) in [6, 6.07) is 13.9. The van der Waals surface area contributed by atoms with E-state index >= 15 is 0 Å². The van der Waals surface area contributed by atoms with Gasteiger partial charge in [-0.25, -0.2) is 0 Å². The maximum atomic E-state index is 5.86. The van der Waals surface area contributed by atoms with Crippen LogP contribution in [-0.4, -0.2) is 12.6 Å². The van der Waals surface area contributed by atoms with Gasteiger partial charge in [0.05, 0.1) is 0 Å². The zero-order valence-electron chi connectivity index (χ0n) is 11.6. The first-order valence-corrected chi connectivity index (χ1v) is 7.32. The second-order valence-electron chi connectivity index (χ2n) is 5.42. The minimum atomic E-state index is 0.609. The molecule has 19 heavy (non-hydrogen) atoms. The van der Waals surface area contributed by atoms with E-state index < -0.39 is 0 Å². The van der Waals surface area contributed by atoms with Gasteiger partial charge in [0.2, 0.25) is 0 Å². The Hall–Kier alpha value is -1.54. The molecule has 3 rings (SSSR count). The zero-order valence-corrected chi connectivity index (χ0v) is 11.6. The number of fused-ring (bicyclic) bond motifs is 1. The van der Waals surface area contributed by atoms with Gasteiger partial charge in [0.15, 0.2) is 0 Å². The first-order chi connectivity index (χ1) is 9.35. The van der Waals surface area contributed by atoms with E-state index in [9.17, 15) is 0 Å². The summed E-state index contributed by atoms with van der Waals surface area (Å²) in [6.07, 6.45) is 3.88. The van der Waals surface area contributed by atoms with Gasteiger partial charge in [-0.2, -0.15) is 0 Å². The Balaban J connectivity index is 2.12. The highest BCUT2D eigenvalue weighted by molar-refractivity contribution is 5.96. The molecule has 100 valence electrons. The molecule has 2 aromatic carbocycles. The Morgan fingerprint density at radius 1 is 1.11 bits per heavy atom. The topological polar surface area (TPSA) is 29.3 Å². The molecule has 1 saturated carbocycles. The highest BCUT2D eigenvalue weighted by Crippen LogP contribution is 2.36. The Kier molecular flexibility index (Phi) is 3.43. The predicted molar refractivity (Wildman–Crippen MR) is 82.5 cm³/mol. The lowest BCUT2D eigenvalue weighted by atomic mass is 10.0. The Morgan fingerprint density at radius 3 is 2.47 bits per heavy atom. The molecule has 0 aliphatic heterocycles. The summed E-state index contributed by atoms with van der Waals surface area (Å²) in [5, 5.41) is 2.66. The van der Waals surface area contributed by atoms with Crippen molar-refractivity contribution in [2.24, 2.45) is 5.73 Å². The van der Waals surface area contributed by atoms with Crippen LogP contribution in [0.3, 0.4) is 0 Å². The molecule has 1 aliphatic carbocycles. The van der Waals surface area contributed by atoms with Gasteiger partial charge in [-0.3, -0.25) is 0 Å². The Bertz CT molecular complexity index is 572. The second-order valence-corrected chi connectivity index (χ2v) is 5.42. The fourth-order valence-corrected chi connectivity index (χ4v) is 2.90. The molecular weight excluding hydrogens is 232 g/mol. The van der Waals surface area contributed by atoms with Crippen LogP contribution in [-0.2, 0) is 6.54 Å². The lowest BCUT2D eigenvalue weighted by Crippen LogP contribution is -2.26. The number of anilines is 1. The van der Waals surface area contributed by atoms with Gasteiger partial charge in [-0.15, -0.1) is 0 Å². The summed E-state index contributed by atoms with van der Waals surface area (Å²) in [5.74, 6) is 0. The summed E-state index contributed by atoms with van der Waals surface area (Å²) < 4.78 is 0. The van der Waals surface area contributed by atoms with Crippen molar-refractivity contribution in [3.63, 3.8) is 0 Å². The third-order valence-corrected chi connectivity index (χ3v) is 3.97. The largest absolute Gasteiger partial charge is 0.368 e. The zero-order chi connectivity index (χ0) is 13.2. The third-order valence-electron chi connectivity index (χ3n) is 3.97. The number of hydrogen-bond donors (Lipinski definition) is 1. The molecule has 0 spiro atoms. The monoisotopic (exact) mass is 254 g/mol. The van der Waals surface area contributed by atoms with E-state index in [2.05, 4.69) is 48.2 Å². The van der Waals surface area contributed by atoms with Crippen molar-refractivity contribution < 1.29 is 0 Å². The van der Waals surface area contributed by atoms with Crippen LogP contribution in [0.15, 0.2) is 36.4 Å². The average Bonchev–Trinajstić information content (AvgIpc) is 3.28. The van der Waals surface area contributed by atoms with Crippen LogP contribution >= 0.6 is 0 Å². The average molecular weight is 254 g/mol. The summed E-state index contributed by atoms with van der Waals surface area (Å²) in [6.45, 7) is 4.01. The first kappa shape index (κ1) is 12.5. The van der Waals surface area contributed by atoms with Crippen molar-refractivity contribution in [1.82, 2.24) is 0 Å². The normalized spacial score (nSPS) is 14.8. The second kappa shape index (κ2) is 5.22. The van der Waals surface area contributed by atoms with E-state index in [1.165, 1.54) is 41.3 Å². The maximum absolute atomic E-state index is 5.86. The highest BCUT2D eigenvalue weighted by Gasteiger charge is 2.29. The molecule has 0 heterocycles. The van der Waals surface area contributed by atoms with E-state index in [-0.39, 0.29) is 0 Å². The molecule has 1 aliphatic rings.